The Bertz CT molecular complexity index is 4170. The van der Waals surface area contributed by atoms with Gasteiger partial charge in [-0.3, -0.25) is 0 Å². The molecular formula is C60H36N2O2S. The van der Waals surface area contributed by atoms with Gasteiger partial charge in [-0.1, -0.05) is 133 Å². The maximum atomic E-state index is 6.94. The number of para-hydroxylation sites is 6. The molecule has 0 fully saturated rings. The molecule has 0 saturated carbocycles. The average molecular weight is 849 g/mol. The van der Waals surface area contributed by atoms with Gasteiger partial charge in [0.25, 0.3) is 0 Å². The summed E-state index contributed by atoms with van der Waals surface area (Å²) < 4.78 is 18.5. The van der Waals surface area contributed by atoms with Crippen molar-refractivity contribution < 1.29 is 8.83 Å². The Morgan fingerprint density at radius 1 is 0.354 bits per heavy atom. The lowest BCUT2D eigenvalue weighted by molar-refractivity contribution is 0.668. The van der Waals surface area contributed by atoms with Crippen molar-refractivity contribution in [2.45, 2.75) is 0 Å². The van der Waals surface area contributed by atoms with E-state index in [2.05, 4.69) is 216 Å². The van der Waals surface area contributed by atoms with E-state index in [-0.39, 0.29) is 0 Å². The maximum absolute atomic E-state index is 6.94. The van der Waals surface area contributed by atoms with Crippen molar-refractivity contribution in [2.24, 2.45) is 0 Å². The predicted molar refractivity (Wildman–Crippen MR) is 274 cm³/mol. The summed E-state index contributed by atoms with van der Waals surface area (Å²) in [6, 6.07) is 78.6. The molecule has 14 rings (SSSR count). The number of thiophene rings is 1. The molecule has 0 spiro atoms. The van der Waals surface area contributed by atoms with Crippen molar-refractivity contribution >= 4 is 114 Å². The monoisotopic (exact) mass is 848 g/mol. The van der Waals surface area contributed by atoms with E-state index in [4.69, 9.17) is 8.83 Å². The van der Waals surface area contributed by atoms with Crippen LogP contribution in [0.3, 0.4) is 0 Å². The largest absolute Gasteiger partial charge is 0.456 e. The van der Waals surface area contributed by atoms with Gasteiger partial charge in [0.15, 0.2) is 0 Å². The number of benzene rings is 10. The number of aromatic nitrogens is 1. The molecule has 0 bridgehead atoms. The Morgan fingerprint density at radius 3 is 1.75 bits per heavy atom. The molecule has 14 aromatic rings. The van der Waals surface area contributed by atoms with E-state index in [9.17, 15) is 0 Å². The summed E-state index contributed by atoms with van der Waals surface area (Å²) in [5.41, 5.74) is 14.2. The van der Waals surface area contributed by atoms with Crippen LogP contribution < -0.4 is 4.90 Å². The molecule has 0 unspecified atom stereocenters. The SMILES string of the molecule is c1ccc(N(c2ccc3c(c2)oc2ccccc23)c2cc(-c3ccccc3-n3c4ccccc4c4ccccc43)c3oc4ccccc4c3c2)c(-c2ccc3sc4ccccc4c3c2)c1. The van der Waals surface area contributed by atoms with Crippen LogP contribution in [0.25, 0.3) is 114 Å². The molecule has 4 heterocycles. The molecule has 0 N–H and O–H groups in total. The van der Waals surface area contributed by atoms with Gasteiger partial charge in [0.1, 0.15) is 22.3 Å². The zero-order valence-corrected chi connectivity index (χ0v) is 35.7. The molecule has 65 heavy (non-hydrogen) atoms. The number of nitrogens with zero attached hydrogens (tertiary/aromatic N) is 2. The van der Waals surface area contributed by atoms with E-state index >= 15 is 0 Å². The molecule has 4 aromatic heterocycles. The van der Waals surface area contributed by atoms with Crippen molar-refractivity contribution in [2.75, 3.05) is 4.90 Å². The first kappa shape index (κ1) is 36.1. The minimum atomic E-state index is 0.837. The van der Waals surface area contributed by atoms with Gasteiger partial charge >= 0.3 is 0 Å². The molecule has 0 saturated heterocycles. The molecule has 0 amide bonds. The van der Waals surface area contributed by atoms with Crippen LogP contribution in [0.2, 0.25) is 0 Å². The molecule has 0 aliphatic carbocycles. The van der Waals surface area contributed by atoms with E-state index in [1.807, 2.05) is 23.5 Å². The van der Waals surface area contributed by atoms with Crippen LogP contribution in [0.4, 0.5) is 17.1 Å². The third-order valence-corrected chi connectivity index (χ3v) is 14.3. The number of hydrogen-bond acceptors (Lipinski definition) is 4. The fraction of sp³-hybridized carbons (Fsp3) is 0. The smallest absolute Gasteiger partial charge is 0.143 e. The summed E-state index contributed by atoms with van der Waals surface area (Å²) >= 11 is 1.84. The molecular weight excluding hydrogens is 813 g/mol. The lowest BCUT2D eigenvalue weighted by atomic mass is 9.97. The van der Waals surface area contributed by atoms with Gasteiger partial charge in [0, 0.05) is 86.6 Å². The summed E-state index contributed by atoms with van der Waals surface area (Å²) in [6.07, 6.45) is 0. The Morgan fingerprint density at radius 2 is 0.954 bits per heavy atom. The van der Waals surface area contributed by atoms with Gasteiger partial charge in [0.05, 0.1) is 22.4 Å². The van der Waals surface area contributed by atoms with E-state index in [1.165, 1.54) is 30.9 Å². The highest BCUT2D eigenvalue weighted by Crippen LogP contribution is 2.49. The Hall–Kier alpha value is -8.38. The van der Waals surface area contributed by atoms with Crippen molar-refractivity contribution in [3.8, 4) is 27.9 Å². The number of fused-ring (bicyclic) bond motifs is 12. The number of anilines is 3. The Labute approximate surface area is 377 Å². The number of hydrogen-bond donors (Lipinski definition) is 0. The summed E-state index contributed by atoms with van der Waals surface area (Å²) in [4.78, 5) is 2.41. The summed E-state index contributed by atoms with van der Waals surface area (Å²) in [6.45, 7) is 0. The van der Waals surface area contributed by atoms with Crippen molar-refractivity contribution in [3.05, 3.63) is 218 Å². The maximum Gasteiger partial charge on any atom is 0.143 e. The van der Waals surface area contributed by atoms with Gasteiger partial charge in [-0.25, -0.2) is 0 Å². The molecule has 4 nitrogen and oxygen atoms in total. The van der Waals surface area contributed by atoms with Gasteiger partial charge in [-0.05, 0) is 84.4 Å². The highest BCUT2D eigenvalue weighted by molar-refractivity contribution is 7.25. The van der Waals surface area contributed by atoms with E-state index < -0.39 is 0 Å². The number of rotatable bonds is 6. The van der Waals surface area contributed by atoms with Gasteiger partial charge in [-0.15, -0.1) is 11.3 Å². The summed E-state index contributed by atoms with van der Waals surface area (Å²) in [5, 5.41) is 9.29. The van der Waals surface area contributed by atoms with Crippen molar-refractivity contribution in [1.29, 1.82) is 0 Å². The molecule has 0 aliphatic heterocycles. The standard InChI is InChI=1S/C60H36N2O2S/c1-8-22-51(40(15-1)37-29-32-59-48(33-37)47-21-7-14-28-58(47)65-59)61(38-30-31-46-44-19-5-12-26-55(44)63-57(46)36-38)39-34-49(60-50(35-39)45-20-6-13-27-56(45)64-60)43-18-4-11-25-54(43)62-52-23-9-2-16-41(52)42-17-3-10-24-53(42)62/h1-36H. The molecule has 10 aromatic carbocycles. The summed E-state index contributed by atoms with van der Waals surface area (Å²) in [5.74, 6) is 0. The second kappa shape index (κ2) is 14.1. The van der Waals surface area contributed by atoms with Gasteiger partial charge < -0.3 is 18.3 Å². The van der Waals surface area contributed by atoms with Crippen molar-refractivity contribution in [1.82, 2.24) is 4.57 Å². The topological polar surface area (TPSA) is 34.5 Å². The van der Waals surface area contributed by atoms with Gasteiger partial charge in [0.2, 0.25) is 0 Å². The Kier molecular flexibility index (Phi) is 7.82. The van der Waals surface area contributed by atoms with Crippen LogP contribution in [0.15, 0.2) is 227 Å². The molecule has 0 radical (unpaired) electrons. The highest BCUT2D eigenvalue weighted by Gasteiger charge is 2.25. The van der Waals surface area contributed by atoms with E-state index in [0.29, 0.717) is 0 Å². The molecule has 5 heteroatoms. The average Bonchev–Trinajstić information content (AvgIpc) is 4.13. The van der Waals surface area contributed by atoms with Crippen molar-refractivity contribution in [3.63, 3.8) is 0 Å². The fourth-order valence-corrected chi connectivity index (χ4v) is 11.4. The first-order chi connectivity index (χ1) is 32.2. The second-order valence-corrected chi connectivity index (χ2v) is 17.9. The lowest BCUT2D eigenvalue weighted by Gasteiger charge is -2.28. The lowest BCUT2D eigenvalue weighted by Crippen LogP contribution is -2.11. The third kappa shape index (κ3) is 5.49. The minimum Gasteiger partial charge on any atom is -0.456 e. The van der Waals surface area contributed by atoms with Crippen LogP contribution in [-0.2, 0) is 0 Å². The minimum absolute atomic E-state index is 0.837. The fourth-order valence-electron chi connectivity index (χ4n) is 10.3. The van der Waals surface area contributed by atoms with Crippen LogP contribution >= 0.6 is 11.3 Å². The highest BCUT2D eigenvalue weighted by atomic mass is 32.1. The van der Waals surface area contributed by atoms with E-state index in [0.717, 1.165) is 99.9 Å². The van der Waals surface area contributed by atoms with Crippen LogP contribution in [0, 0.1) is 0 Å². The third-order valence-electron chi connectivity index (χ3n) is 13.2. The van der Waals surface area contributed by atoms with Crippen LogP contribution in [-0.4, -0.2) is 4.57 Å². The first-order valence-electron chi connectivity index (χ1n) is 22.0. The number of furan rings is 2. The quantitative estimate of drug-likeness (QED) is 0.167. The molecule has 304 valence electrons. The molecule has 0 aliphatic rings. The molecule has 0 atom stereocenters. The zero-order valence-electron chi connectivity index (χ0n) is 34.9. The second-order valence-electron chi connectivity index (χ2n) is 16.8. The first-order valence-corrected chi connectivity index (χ1v) is 22.8. The zero-order chi connectivity index (χ0) is 42.6. The predicted octanol–water partition coefficient (Wildman–Crippen LogP) is 17.8. The Balaban J connectivity index is 1.07. The van der Waals surface area contributed by atoms with Crippen LogP contribution in [0.1, 0.15) is 0 Å². The van der Waals surface area contributed by atoms with Crippen LogP contribution in [0.5, 0.6) is 0 Å². The van der Waals surface area contributed by atoms with E-state index in [1.54, 1.807) is 0 Å². The normalized spacial score (nSPS) is 12.0. The summed E-state index contributed by atoms with van der Waals surface area (Å²) in [7, 11) is 0. The van der Waals surface area contributed by atoms with Gasteiger partial charge in [-0.2, -0.15) is 0 Å².